The number of hydrogen-bond donors (Lipinski definition) is 0. The van der Waals surface area contributed by atoms with E-state index in [2.05, 4.69) is 72.8 Å². The molecule has 2 aliphatic heterocycles. The van der Waals surface area contributed by atoms with Crippen molar-refractivity contribution in [2.75, 3.05) is 13.2 Å². The third-order valence-electron chi connectivity index (χ3n) is 8.84. The number of benzene rings is 4. The first-order chi connectivity index (χ1) is 19.8. The first-order valence-electron chi connectivity index (χ1n) is 14.4. The minimum Gasteiger partial charge on any atom is -0.493 e. The van der Waals surface area contributed by atoms with Crippen LogP contribution in [0, 0.1) is 0 Å². The van der Waals surface area contributed by atoms with Crippen molar-refractivity contribution in [1.29, 1.82) is 0 Å². The van der Waals surface area contributed by atoms with Gasteiger partial charge in [0, 0.05) is 43.1 Å². The average Bonchev–Trinajstić information content (AvgIpc) is 3.76. The summed E-state index contributed by atoms with van der Waals surface area (Å²) in [7, 11) is 0. The second kappa shape index (κ2) is 8.95. The lowest BCUT2D eigenvalue weighted by atomic mass is 9.79. The van der Waals surface area contributed by atoms with Gasteiger partial charge in [0.2, 0.25) is 0 Å². The van der Waals surface area contributed by atoms with E-state index in [1.807, 2.05) is 22.7 Å². The lowest BCUT2D eigenvalue weighted by Gasteiger charge is -2.25. The van der Waals surface area contributed by atoms with Crippen LogP contribution in [-0.2, 0) is 38.5 Å². The topological polar surface area (TPSA) is 18.5 Å². The SMILES string of the molecule is c1cc2c(cc1CCc1cc3ccc4c(c3s1)-c1ccc3cc(CCc5ccc6c(c5)CCO6)sc3c1-4)CCO2. The summed E-state index contributed by atoms with van der Waals surface area (Å²) >= 11 is 3.98. The highest BCUT2D eigenvalue weighted by Crippen LogP contribution is 2.56. The van der Waals surface area contributed by atoms with Gasteiger partial charge in [-0.15, -0.1) is 22.7 Å². The van der Waals surface area contributed by atoms with Crippen LogP contribution in [0.25, 0.3) is 42.4 Å². The molecule has 6 aromatic rings. The molecule has 0 amide bonds. The molecule has 0 bridgehead atoms. The van der Waals surface area contributed by atoms with Gasteiger partial charge in [0.25, 0.3) is 0 Å². The van der Waals surface area contributed by atoms with E-state index in [1.54, 1.807) is 0 Å². The second-order valence-corrected chi connectivity index (χ2v) is 13.6. The van der Waals surface area contributed by atoms with E-state index in [-0.39, 0.29) is 0 Å². The van der Waals surface area contributed by atoms with E-state index >= 15 is 0 Å². The number of aryl methyl sites for hydroxylation is 4. The fourth-order valence-corrected chi connectivity index (χ4v) is 9.21. The van der Waals surface area contributed by atoms with Crippen molar-refractivity contribution in [3.05, 3.63) is 105 Å². The van der Waals surface area contributed by atoms with Crippen LogP contribution in [-0.4, -0.2) is 13.2 Å². The fourth-order valence-electron chi connectivity index (χ4n) is 6.77. The molecule has 2 aromatic heterocycles. The van der Waals surface area contributed by atoms with E-state index < -0.39 is 0 Å². The van der Waals surface area contributed by atoms with Gasteiger partial charge in [0.05, 0.1) is 13.2 Å². The zero-order valence-corrected chi connectivity index (χ0v) is 23.9. The van der Waals surface area contributed by atoms with Gasteiger partial charge < -0.3 is 9.47 Å². The molecular formula is C36H28O2S2. The van der Waals surface area contributed by atoms with Gasteiger partial charge in [-0.3, -0.25) is 0 Å². The minimum atomic E-state index is 0.826. The maximum atomic E-state index is 5.69. The van der Waals surface area contributed by atoms with E-state index in [9.17, 15) is 0 Å². The molecule has 0 spiro atoms. The van der Waals surface area contributed by atoms with Crippen molar-refractivity contribution < 1.29 is 9.47 Å². The first-order valence-corrected chi connectivity index (χ1v) is 16.0. The van der Waals surface area contributed by atoms with Gasteiger partial charge in [-0.1, -0.05) is 48.5 Å². The Hall–Kier alpha value is -3.60. The molecule has 4 aromatic carbocycles. The summed E-state index contributed by atoms with van der Waals surface area (Å²) in [6.07, 6.45) is 6.42. The van der Waals surface area contributed by atoms with Crippen molar-refractivity contribution >= 4 is 42.8 Å². The lowest BCUT2D eigenvalue weighted by molar-refractivity contribution is 0.356. The number of fused-ring (bicyclic) bond motifs is 10. The van der Waals surface area contributed by atoms with Crippen LogP contribution in [0.4, 0.5) is 0 Å². The Kier molecular flexibility index (Phi) is 5.18. The van der Waals surface area contributed by atoms with Gasteiger partial charge in [-0.25, -0.2) is 0 Å². The standard InChI is InChI=1S/C36H28O2S2/c1(21-3-11-31-23(17-21)13-15-37-31)7-27-19-25-5-9-29-33(35(25)39-27)30-10-6-26-20-28(40-36(26)34(29)30)8-2-22-4-12-32-24(18-22)14-16-38-32/h3-6,9-12,17-20H,1-2,7-8,13-16H2. The molecule has 40 heavy (non-hydrogen) atoms. The molecule has 2 nitrogen and oxygen atoms in total. The van der Waals surface area contributed by atoms with Crippen LogP contribution in [0.2, 0.25) is 0 Å². The minimum absolute atomic E-state index is 0.826. The number of rotatable bonds is 6. The van der Waals surface area contributed by atoms with Crippen LogP contribution >= 0.6 is 22.7 Å². The summed E-state index contributed by atoms with van der Waals surface area (Å²) in [6, 6.07) is 27.7. The molecule has 4 heterocycles. The molecule has 0 saturated heterocycles. The summed E-state index contributed by atoms with van der Waals surface area (Å²) < 4.78 is 14.3. The van der Waals surface area contributed by atoms with E-state index in [4.69, 9.17) is 9.47 Å². The van der Waals surface area contributed by atoms with E-state index in [0.29, 0.717) is 0 Å². The monoisotopic (exact) mass is 556 g/mol. The molecule has 1 aliphatic carbocycles. The Bertz CT molecular complexity index is 1820. The van der Waals surface area contributed by atoms with Crippen molar-refractivity contribution in [3.8, 4) is 33.8 Å². The maximum Gasteiger partial charge on any atom is 0.122 e. The van der Waals surface area contributed by atoms with Crippen LogP contribution in [0.1, 0.15) is 32.0 Å². The molecule has 0 atom stereocenters. The quantitative estimate of drug-likeness (QED) is 0.203. The Labute approximate surface area is 241 Å². The molecule has 4 heteroatoms. The molecule has 0 saturated carbocycles. The molecule has 0 N–H and O–H groups in total. The molecule has 0 radical (unpaired) electrons. The first kappa shape index (κ1) is 23.1. The van der Waals surface area contributed by atoms with Crippen LogP contribution in [0.15, 0.2) is 72.8 Å². The number of hydrogen-bond acceptors (Lipinski definition) is 4. The smallest absolute Gasteiger partial charge is 0.122 e. The third kappa shape index (κ3) is 3.66. The molecule has 196 valence electrons. The second-order valence-electron chi connectivity index (χ2n) is 11.3. The van der Waals surface area contributed by atoms with Gasteiger partial charge >= 0.3 is 0 Å². The lowest BCUT2D eigenvalue weighted by Crippen LogP contribution is -1.98. The van der Waals surface area contributed by atoms with Gasteiger partial charge in [-0.2, -0.15) is 0 Å². The summed E-state index contributed by atoms with van der Waals surface area (Å²) in [5.74, 6) is 2.15. The molecule has 9 rings (SSSR count). The third-order valence-corrected chi connectivity index (χ3v) is 11.3. The number of ether oxygens (including phenoxy) is 2. The number of thiophene rings is 2. The largest absolute Gasteiger partial charge is 0.493 e. The van der Waals surface area contributed by atoms with E-state index in [1.165, 1.54) is 74.4 Å². The highest BCUT2D eigenvalue weighted by molar-refractivity contribution is 7.20. The summed E-state index contributed by atoms with van der Waals surface area (Å²) in [6.45, 7) is 1.65. The molecule has 3 aliphatic rings. The average molecular weight is 557 g/mol. The Balaban J connectivity index is 0.970. The van der Waals surface area contributed by atoms with Crippen LogP contribution in [0.3, 0.4) is 0 Å². The zero-order valence-electron chi connectivity index (χ0n) is 22.2. The van der Waals surface area contributed by atoms with Crippen molar-refractivity contribution in [2.24, 2.45) is 0 Å². The van der Waals surface area contributed by atoms with Crippen molar-refractivity contribution in [1.82, 2.24) is 0 Å². The normalized spacial score (nSPS) is 14.4. The summed E-state index contributed by atoms with van der Waals surface area (Å²) in [5.41, 5.74) is 11.4. The highest BCUT2D eigenvalue weighted by Gasteiger charge is 2.28. The van der Waals surface area contributed by atoms with Crippen molar-refractivity contribution in [3.63, 3.8) is 0 Å². The van der Waals surface area contributed by atoms with Gasteiger partial charge in [0.15, 0.2) is 0 Å². The summed E-state index contributed by atoms with van der Waals surface area (Å²) in [5, 5.41) is 2.77. The predicted octanol–water partition coefficient (Wildman–Crippen LogP) is 9.20. The maximum absolute atomic E-state index is 5.69. The van der Waals surface area contributed by atoms with E-state index in [0.717, 1.165) is 63.2 Å². The Morgan fingerprint density at radius 3 is 1.52 bits per heavy atom. The zero-order chi connectivity index (χ0) is 26.2. The predicted molar refractivity (Wildman–Crippen MR) is 168 cm³/mol. The molecular weight excluding hydrogens is 529 g/mol. The molecule has 0 fully saturated rings. The molecule has 0 unspecified atom stereocenters. The Morgan fingerprint density at radius 1 is 0.525 bits per heavy atom. The van der Waals surface area contributed by atoms with Gasteiger partial charge in [0.1, 0.15) is 11.5 Å². The summed E-state index contributed by atoms with van der Waals surface area (Å²) in [4.78, 5) is 2.96. The van der Waals surface area contributed by atoms with Crippen molar-refractivity contribution in [2.45, 2.75) is 38.5 Å². The van der Waals surface area contributed by atoms with Gasteiger partial charge in [-0.05, 0) is 94.1 Å². The van der Waals surface area contributed by atoms with Crippen LogP contribution < -0.4 is 9.47 Å². The Morgan fingerprint density at radius 2 is 1.02 bits per heavy atom. The van der Waals surface area contributed by atoms with Crippen LogP contribution in [0.5, 0.6) is 11.5 Å². The highest BCUT2D eigenvalue weighted by atomic mass is 32.1. The fraction of sp³-hybridized carbons (Fsp3) is 0.222.